The van der Waals surface area contributed by atoms with Gasteiger partial charge in [0.2, 0.25) is 0 Å². The Morgan fingerprint density at radius 2 is 1.81 bits per heavy atom. The van der Waals surface area contributed by atoms with Gasteiger partial charge in [-0.3, -0.25) is 4.79 Å². The van der Waals surface area contributed by atoms with E-state index in [1.54, 1.807) is 6.92 Å². The first-order chi connectivity index (χ1) is 14.7. The average molecular weight is 448 g/mol. The first kappa shape index (κ1) is 22.2. The SMILES string of the molecule is CCOc1cc(NC(=O)c2cc3nc(C(F)F)cc(C(F)F)n3n2)ccc1OC(F)F. The summed E-state index contributed by atoms with van der Waals surface area (Å²) in [6, 6.07) is 5.07. The van der Waals surface area contributed by atoms with Crippen LogP contribution >= 0.6 is 0 Å². The van der Waals surface area contributed by atoms with Crippen molar-refractivity contribution in [2.75, 3.05) is 11.9 Å². The Morgan fingerprint density at radius 3 is 2.42 bits per heavy atom. The molecule has 3 rings (SSSR count). The smallest absolute Gasteiger partial charge is 0.387 e. The monoisotopic (exact) mass is 448 g/mol. The van der Waals surface area contributed by atoms with Gasteiger partial charge in [0.25, 0.3) is 18.8 Å². The van der Waals surface area contributed by atoms with Crippen LogP contribution in [0.3, 0.4) is 0 Å². The molecule has 0 unspecified atom stereocenters. The van der Waals surface area contributed by atoms with E-state index in [1.165, 1.54) is 12.1 Å². The molecule has 31 heavy (non-hydrogen) atoms. The lowest BCUT2D eigenvalue weighted by Crippen LogP contribution is -2.13. The van der Waals surface area contributed by atoms with E-state index in [9.17, 15) is 31.1 Å². The second-order valence-corrected chi connectivity index (χ2v) is 5.93. The number of alkyl halides is 6. The Balaban J connectivity index is 1.91. The van der Waals surface area contributed by atoms with Crippen LogP contribution < -0.4 is 14.8 Å². The molecular weight excluding hydrogens is 434 g/mol. The summed E-state index contributed by atoms with van der Waals surface area (Å²) in [6.07, 6.45) is -6.24. The molecule has 13 heteroatoms. The summed E-state index contributed by atoms with van der Waals surface area (Å²) in [4.78, 5) is 16.0. The number of carbonyl (C=O) groups excluding carboxylic acids is 1. The van der Waals surface area contributed by atoms with Crippen LogP contribution in [0.4, 0.5) is 32.0 Å². The van der Waals surface area contributed by atoms with Gasteiger partial charge >= 0.3 is 6.61 Å². The summed E-state index contributed by atoms with van der Waals surface area (Å²) in [6.45, 7) is -1.36. The fourth-order valence-corrected chi connectivity index (χ4v) is 2.64. The summed E-state index contributed by atoms with van der Waals surface area (Å²) in [7, 11) is 0. The zero-order valence-electron chi connectivity index (χ0n) is 15.7. The number of amides is 1. The molecule has 0 spiro atoms. The number of ether oxygens (including phenoxy) is 2. The van der Waals surface area contributed by atoms with Crippen LogP contribution in [0.5, 0.6) is 11.5 Å². The molecular formula is C18H14F6N4O3. The molecule has 1 amide bonds. The number of carbonyl (C=O) groups is 1. The quantitative estimate of drug-likeness (QED) is 0.499. The van der Waals surface area contributed by atoms with E-state index < -0.39 is 36.8 Å². The molecule has 0 aliphatic rings. The van der Waals surface area contributed by atoms with E-state index in [0.29, 0.717) is 10.6 Å². The number of nitrogens with one attached hydrogen (secondary N) is 1. The molecule has 0 aliphatic heterocycles. The molecule has 0 saturated carbocycles. The minimum Gasteiger partial charge on any atom is -0.490 e. The second kappa shape index (κ2) is 9.10. The minimum absolute atomic E-state index is 0.0705. The molecule has 0 atom stereocenters. The zero-order chi connectivity index (χ0) is 22.7. The summed E-state index contributed by atoms with van der Waals surface area (Å²) < 4.78 is 87.4. The molecule has 0 radical (unpaired) electrons. The number of hydrogen-bond donors (Lipinski definition) is 1. The van der Waals surface area contributed by atoms with Crippen molar-refractivity contribution in [1.29, 1.82) is 0 Å². The molecule has 0 aliphatic carbocycles. The lowest BCUT2D eigenvalue weighted by molar-refractivity contribution is -0.0514. The normalized spacial score (nSPS) is 11.5. The third kappa shape index (κ3) is 4.98. The van der Waals surface area contributed by atoms with E-state index in [2.05, 4.69) is 20.1 Å². The zero-order valence-corrected chi connectivity index (χ0v) is 15.7. The van der Waals surface area contributed by atoms with Crippen molar-refractivity contribution in [3.8, 4) is 11.5 Å². The number of anilines is 1. The molecule has 1 N–H and O–H groups in total. The lowest BCUT2D eigenvalue weighted by Gasteiger charge is -2.13. The van der Waals surface area contributed by atoms with Gasteiger partial charge in [0.05, 0.1) is 6.61 Å². The molecule has 166 valence electrons. The van der Waals surface area contributed by atoms with Crippen LogP contribution in [0, 0.1) is 0 Å². The highest BCUT2D eigenvalue weighted by Crippen LogP contribution is 2.32. The highest BCUT2D eigenvalue weighted by atomic mass is 19.3. The summed E-state index contributed by atoms with van der Waals surface area (Å²) in [5.74, 6) is -1.21. The predicted molar refractivity (Wildman–Crippen MR) is 95.1 cm³/mol. The third-order valence-corrected chi connectivity index (χ3v) is 3.87. The van der Waals surface area contributed by atoms with Crippen LogP contribution in [0.25, 0.3) is 5.65 Å². The summed E-state index contributed by atoms with van der Waals surface area (Å²) >= 11 is 0. The fourth-order valence-electron chi connectivity index (χ4n) is 2.64. The number of benzene rings is 1. The first-order valence-electron chi connectivity index (χ1n) is 8.69. The van der Waals surface area contributed by atoms with Gasteiger partial charge in [-0.2, -0.15) is 13.9 Å². The third-order valence-electron chi connectivity index (χ3n) is 3.87. The highest BCUT2D eigenvalue weighted by Gasteiger charge is 2.22. The van der Waals surface area contributed by atoms with E-state index in [4.69, 9.17) is 4.74 Å². The number of rotatable bonds is 8. The van der Waals surface area contributed by atoms with Gasteiger partial charge in [-0.1, -0.05) is 0 Å². The van der Waals surface area contributed by atoms with Crippen LogP contribution in [0.2, 0.25) is 0 Å². The van der Waals surface area contributed by atoms with Crippen LogP contribution in [0.1, 0.15) is 41.7 Å². The van der Waals surface area contributed by atoms with Crippen LogP contribution in [-0.2, 0) is 0 Å². The Kier molecular flexibility index (Phi) is 6.51. The van der Waals surface area contributed by atoms with Gasteiger partial charge in [0.1, 0.15) is 11.4 Å². The van der Waals surface area contributed by atoms with E-state index in [-0.39, 0.29) is 35.1 Å². The average Bonchev–Trinajstić information content (AvgIpc) is 3.13. The Morgan fingerprint density at radius 1 is 1.06 bits per heavy atom. The van der Waals surface area contributed by atoms with Crippen molar-refractivity contribution < 1.29 is 40.6 Å². The standard InChI is InChI=1S/C18H14F6N4O3/c1-2-30-13-5-8(3-4-12(13)31-18(23)24)25-17(29)10-7-14-26-9(15(19)20)6-11(16(21)22)28(14)27-10/h3-7,15-16,18H,2H2,1H3,(H,25,29). The molecule has 0 saturated heterocycles. The number of halogens is 6. The Hall–Kier alpha value is -3.51. The first-order valence-corrected chi connectivity index (χ1v) is 8.69. The molecule has 2 aromatic heterocycles. The van der Waals surface area contributed by atoms with Crippen LogP contribution in [-0.4, -0.2) is 33.7 Å². The maximum Gasteiger partial charge on any atom is 0.387 e. The Bertz CT molecular complexity index is 1090. The lowest BCUT2D eigenvalue weighted by atomic mass is 10.2. The molecule has 2 heterocycles. The van der Waals surface area contributed by atoms with Crippen molar-refractivity contribution in [1.82, 2.24) is 14.6 Å². The van der Waals surface area contributed by atoms with Gasteiger partial charge in [-0.25, -0.2) is 27.1 Å². The Labute approximate surface area is 170 Å². The van der Waals surface area contributed by atoms with Gasteiger partial charge in [-0.05, 0) is 25.1 Å². The predicted octanol–water partition coefficient (Wildman–Crippen LogP) is 4.86. The van der Waals surface area contributed by atoms with Crippen molar-refractivity contribution >= 4 is 17.2 Å². The number of aromatic nitrogens is 3. The molecule has 0 bridgehead atoms. The number of hydrogen-bond acceptors (Lipinski definition) is 5. The number of fused-ring (bicyclic) bond motifs is 1. The maximum atomic E-state index is 13.2. The van der Waals surface area contributed by atoms with Crippen molar-refractivity contribution in [2.24, 2.45) is 0 Å². The highest BCUT2D eigenvalue weighted by molar-refractivity contribution is 6.03. The number of nitrogens with zero attached hydrogens (tertiary/aromatic N) is 3. The summed E-state index contributed by atoms with van der Waals surface area (Å²) in [5, 5.41) is 6.09. The van der Waals surface area contributed by atoms with Gasteiger partial charge in [0.15, 0.2) is 22.8 Å². The van der Waals surface area contributed by atoms with E-state index in [0.717, 1.165) is 12.1 Å². The second-order valence-electron chi connectivity index (χ2n) is 5.93. The van der Waals surface area contributed by atoms with Gasteiger partial charge < -0.3 is 14.8 Å². The van der Waals surface area contributed by atoms with Crippen LogP contribution in [0.15, 0.2) is 30.3 Å². The largest absolute Gasteiger partial charge is 0.490 e. The van der Waals surface area contributed by atoms with Crippen molar-refractivity contribution in [2.45, 2.75) is 26.4 Å². The van der Waals surface area contributed by atoms with E-state index >= 15 is 0 Å². The van der Waals surface area contributed by atoms with E-state index in [1.807, 2.05) is 0 Å². The fraction of sp³-hybridized carbons (Fsp3) is 0.278. The topological polar surface area (TPSA) is 77.8 Å². The maximum absolute atomic E-state index is 13.2. The molecule has 1 aromatic carbocycles. The van der Waals surface area contributed by atoms with Gasteiger partial charge in [-0.15, -0.1) is 0 Å². The van der Waals surface area contributed by atoms with Crippen molar-refractivity contribution in [3.63, 3.8) is 0 Å². The molecule has 3 aromatic rings. The molecule has 7 nitrogen and oxygen atoms in total. The molecule has 0 fully saturated rings. The van der Waals surface area contributed by atoms with Crippen molar-refractivity contribution in [3.05, 3.63) is 47.4 Å². The minimum atomic E-state index is -3.14. The summed E-state index contributed by atoms with van der Waals surface area (Å²) in [5.41, 5.74) is -2.39. The van der Waals surface area contributed by atoms with Gasteiger partial charge in [0, 0.05) is 17.8 Å².